The lowest BCUT2D eigenvalue weighted by Gasteiger charge is -2.31. The molecule has 0 radical (unpaired) electrons. The number of carboxylic acids is 1. The highest BCUT2D eigenvalue weighted by Gasteiger charge is 2.24. The average molecular weight is 349 g/mol. The largest absolute Gasteiger partial charge is 0.477 e. The van der Waals surface area contributed by atoms with Crippen LogP contribution in [0.1, 0.15) is 39.8 Å². The first kappa shape index (κ1) is 16.6. The lowest BCUT2D eigenvalue weighted by molar-refractivity contribution is -0.117. The van der Waals surface area contributed by atoms with Crippen LogP contribution in [-0.4, -0.2) is 56.7 Å². The van der Waals surface area contributed by atoms with Gasteiger partial charge in [-0.25, -0.2) is 9.78 Å². The van der Waals surface area contributed by atoms with Gasteiger partial charge in [-0.3, -0.25) is 14.8 Å². The molecule has 3 heterocycles. The minimum absolute atomic E-state index is 0.155. The number of carbonyl (C=O) groups excluding carboxylic acids is 1. The van der Waals surface area contributed by atoms with Crippen LogP contribution in [0, 0.1) is 6.92 Å². The first-order chi connectivity index (χ1) is 11.5. The Hall–Kier alpha value is -2.26. The van der Waals surface area contributed by atoms with Crippen molar-refractivity contribution < 1.29 is 14.7 Å². The highest BCUT2D eigenvalue weighted by atomic mass is 32.1. The molecular formula is C15H19N5O3S. The summed E-state index contributed by atoms with van der Waals surface area (Å²) >= 11 is 0.982. The smallest absolute Gasteiger partial charge is 0.347 e. The summed E-state index contributed by atoms with van der Waals surface area (Å²) in [6.45, 7) is 3.56. The number of nitrogens with zero attached hydrogens (tertiary/aromatic N) is 3. The van der Waals surface area contributed by atoms with E-state index in [0.29, 0.717) is 16.7 Å². The normalized spacial score (nSPS) is 18.5. The summed E-state index contributed by atoms with van der Waals surface area (Å²) in [5.74, 6) is -0.843. The van der Waals surface area contributed by atoms with E-state index in [1.165, 1.54) is 0 Å². The molecule has 0 aromatic carbocycles. The number of hydrogen-bond acceptors (Lipinski definition) is 6. The minimum Gasteiger partial charge on any atom is -0.477 e. The van der Waals surface area contributed by atoms with Gasteiger partial charge in [0.05, 0.1) is 12.2 Å². The third kappa shape index (κ3) is 3.80. The summed E-state index contributed by atoms with van der Waals surface area (Å²) < 4.78 is 0. The Balaban J connectivity index is 1.56. The van der Waals surface area contributed by atoms with E-state index in [1.807, 2.05) is 6.07 Å². The molecule has 2 aromatic heterocycles. The fourth-order valence-electron chi connectivity index (χ4n) is 2.96. The van der Waals surface area contributed by atoms with Crippen LogP contribution in [0.3, 0.4) is 0 Å². The molecule has 24 heavy (non-hydrogen) atoms. The van der Waals surface area contributed by atoms with Gasteiger partial charge in [-0.2, -0.15) is 5.10 Å². The van der Waals surface area contributed by atoms with Gasteiger partial charge in [0.2, 0.25) is 5.91 Å². The van der Waals surface area contributed by atoms with E-state index in [9.17, 15) is 9.59 Å². The van der Waals surface area contributed by atoms with E-state index in [0.717, 1.165) is 43.0 Å². The molecule has 2 aromatic rings. The summed E-state index contributed by atoms with van der Waals surface area (Å²) in [6.07, 6.45) is 3.84. The number of nitrogens with one attached hydrogen (secondary N) is 2. The lowest BCUT2D eigenvalue weighted by Crippen LogP contribution is -2.39. The highest BCUT2D eigenvalue weighted by Crippen LogP contribution is 2.25. The molecule has 0 spiro atoms. The number of aryl methyl sites for hydroxylation is 1. The van der Waals surface area contributed by atoms with Gasteiger partial charge in [-0.05, 0) is 32.4 Å². The molecule has 1 atom stereocenters. The standard InChI is InChI=1S/C15H19N5O3S/c1-9-13(14(22)23)24-15(17-9)18-12(21)8-20-6-2-3-10(7-20)11-4-5-16-19-11/h4-5,10H,2-3,6-8H2,1H3,(H,16,19)(H,22,23)(H,17,18,21). The van der Waals surface area contributed by atoms with Gasteiger partial charge in [0.25, 0.3) is 0 Å². The predicted molar refractivity (Wildman–Crippen MR) is 89.4 cm³/mol. The van der Waals surface area contributed by atoms with Gasteiger partial charge in [-0.1, -0.05) is 11.3 Å². The summed E-state index contributed by atoms with van der Waals surface area (Å²) in [6, 6.07) is 1.97. The van der Waals surface area contributed by atoms with Gasteiger partial charge in [0.1, 0.15) is 4.88 Å². The van der Waals surface area contributed by atoms with Crippen LogP contribution < -0.4 is 5.32 Å². The number of aromatic nitrogens is 3. The maximum absolute atomic E-state index is 12.2. The number of aromatic carboxylic acids is 1. The summed E-state index contributed by atoms with van der Waals surface area (Å²) in [5.41, 5.74) is 1.52. The summed E-state index contributed by atoms with van der Waals surface area (Å²) in [7, 11) is 0. The van der Waals surface area contributed by atoms with Crippen molar-refractivity contribution in [2.45, 2.75) is 25.7 Å². The second-order valence-electron chi connectivity index (χ2n) is 5.87. The second-order valence-corrected chi connectivity index (χ2v) is 6.87. The third-order valence-electron chi connectivity index (χ3n) is 4.07. The molecule has 1 amide bonds. The van der Waals surface area contributed by atoms with Crippen LogP contribution in [0.4, 0.5) is 5.13 Å². The maximum Gasteiger partial charge on any atom is 0.347 e. The monoisotopic (exact) mass is 349 g/mol. The lowest BCUT2D eigenvalue weighted by atomic mass is 9.95. The molecule has 1 fully saturated rings. The van der Waals surface area contributed by atoms with Gasteiger partial charge in [-0.15, -0.1) is 0 Å². The Morgan fingerprint density at radius 3 is 3.04 bits per heavy atom. The number of carbonyl (C=O) groups is 2. The fraction of sp³-hybridized carbons (Fsp3) is 0.467. The van der Waals surface area contributed by atoms with E-state index in [1.54, 1.807) is 13.1 Å². The van der Waals surface area contributed by atoms with Crippen LogP contribution in [-0.2, 0) is 4.79 Å². The third-order valence-corrected chi connectivity index (χ3v) is 5.13. The molecule has 0 bridgehead atoms. The molecule has 0 saturated carbocycles. The number of anilines is 1. The number of likely N-dealkylation sites (tertiary alicyclic amines) is 1. The zero-order valence-electron chi connectivity index (χ0n) is 13.3. The van der Waals surface area contributed by atoms with E-state index < -0.39 is 5.97 Å². The predicted octanol–water partition coefficient (Wildman–Crippen LogP) is 1.69. The van der Waals surface area contributed by atoms with Crippen molar-refractivity contribution in [2.24, 2.45) is 0 Å². The molecule has 0 aliphatic carbocycles. The molecule has 1 aliphatic heterocycles. The van der Waals surface area contributed by atoms with Crippen molar-refractivity contribution in [3.05, 3.63) is 28.5 Å². The van der Waals surface area contributed by atoms with E-state index in [4.69, 9.17) is 5.11 Å². The van der Waals surface area contributed by atoms with Crippen LogP contribution in [0.5, 0.6) is 0 Å². The van der Waals surface area contributed by atoms with Gasteiger partial charge >= 0.3 is 5.97 Å². The number of rotatable bonds is 5. The molecule has 1 aliphatic rings. The number of carboxylic acid groups (broad SMARTS) is 1. The van der Waals surface area contributed by atoms with Gasteiger partial charge < -0.3 is 10.4 Å². The van der Waals surface area contributed by atoms with E-state index in [-0.39, 0.29) is 17.3 Å². The summed E-state index contributed by atoms with van der Waals surface area (Å²) in [4.78, 5) is 29.6. The zero-order chi connectivity index (χ0) is 17.1. The number of thiazole rings is 1. The van der Waals surface area contributed by atoms with Gasteiger partial charge in [0, 0.05) is 24.4 Å². The van der Waals surface area contributed by atoms with E-state index in [2.05, 4.69) is 25.4 Å². The van der Waals surface area contributed by atoms with Crippen LogP contribution >= 0.6 is 11.3 Å². The highest BCUT2D eigenvalue weighted by molar-refractivity contribution is 7.17. The average Bonchev–Trinajstić information content (AvgIpc) is 3.17. The van der Waals surface area contributed by atoms with Crippen molar-refractivity contribution >= 4 is 28.3 Å². The molecule has 3 N–H and O–H groups in total. The van der Waals surface area contributed by atoms with Gasteiger partial charge in [0.15, 0.2) is 5.13 Å². The van der Waals surface area contributed by atoms with Crippen molar-refractivity contribution in [2.75, 3.05) is 25.0 Å². The van der Waals surface area contributed by atoms with Crippen LogP contribution in [0.25, 0.3) is 0 Å². The Labute approximate surface area is 142 Å². The first-order valence-electron chi connectivity index (χ1n) is 7.75. The minimum atomic E-state index is -1.02. The molecule has 128 valence electrons. The number of H-pyrrole nitrogens is 1. The Morgan fingerprint density at radius 2 is 2.38 bits per heavy atom. The van der Waals surface area contributed by atoms with Crippen LogP contribution in [0.15, 0.2) is 12.3 Å². The maximum atomic E-state index is 12.2. The number of hydrogen-bond donors (Lipinski definition) is 3. The molecule has 1 unspecified atom stereocenters. The fourth-order valence-corrected chi connectivity index (χ4v) is 3.78. The Kier molecular flexibility index (Phi) is 4.91. The van der Waals surface area contributed by atoms with Crippen LogP contribution in [0.2, 0.25) is 0 Å². The van der Waals surface area contributed by atoms with Crippen molar-refractivity contribution in [3.63, 3.8) is 0 Å². The van der Waals surface area contributed by atoms with Crippen molar-refractivity contribution in [1.82, 2.24) is 20.1 Å². The van der Waals surface area contributed by atoms with Crippen molar-refractivity contribution in [1.29, 1.82) is 0 Å². The SMILES string of the molecule is Cc1nc(NC(=O)CN2CCCC(c3ccn[nH]3)C2)sc1C(=O)O. The topological polar surface area (TPSA) is 111 Å². The number of aromatic amines is 1. The molecule has 8 nitrogen and oxygen atoms in total. The zero-order valence-corrected chi connectivity index (χ0v) is 14.1. The first-order valence-corrected chi connectivity index (χ1v) is 8.57. The van der Waals surface area contributed by atoms with Crippen molar-refractivity contribution in [3.8, 4) is 0 Å². The molecule has 9 heteroatoms. The number of piperidine rings is 1. The Morgan fingerprint density at radius 1 is 1.54 bits per heavy atom. The molecular weight excluding hydrogens is 330 g/mol. The Bertz CT molecular complexity index is 728. The second kappa shape index (κ2) is 7.10. The molecule has 3 rings (SSSR count). The quantitative estimate of drug-likeness (QED) is 0.757. The molecule has 1 saturated heterocycles. The number of amides is 1. The van der Waals surface area contributed by atoms with E-state index >= 15 is 0 Å². The summed E-state index contributed by atoms with van der Waals surface area (Å²) in [5, 5.41) is 19.0.